The molecule has 0 N–H and O–H groups in total. The van der Waals surface area contributed by atoms with Gasteiger partial charge in [-0.15, -0.1) is 0 Å². The molecule has 19 heavy (non-hydrogen) atoms. The smallest absolute Gasteiger partial charge is 0.252 e. The van der Waals surface area contributed by atoms with Crippen molar-refractivity contribution in [3.05, 3.63) is 12.3 Å². The molecular weight excluding hydrogens is 238 g/mol. The molecule has 2 rings (SSSR count). The Bertz CT molecular complexity index is 338. The monoisotopic (exact) mass is 265 g/mol. The molecule has 1 aliphatic carbocycles. The van der Waals surface area contributed by atoms with Crippen molar-refractivity contribution in [2.24, 2.45) is 17.8 Å². The Kier molecular flexibility index (Phi) is 5.03. The highest BCUT2D eigenvalue weighted by Crippen LogP contribution is 2.35. The third kappa shape index (κ3) is 3.82. The molecule has 0 spiro atoms. The van der Waals surface area contributed by atoms with Crippen LogP contribution in [0.15, 0.2) is 12.3 Å². The van der Waals surface area contributed by atoms with Crippen molar-refractivity contribution in [3.8, 4) is 0 Å². The number of hydrogen-bond donors (Lipinski definition) is 0. The standard InChI is InChI=1S/C16H27NO2/c1-12(2)14-7-6-13(3)10-15(14)19-11-16(18)17-8-4-5-9-17/h4,8,12-15H,5-7,9-11H2,1-3H3. The zero-order valence-electron chi connectivity index (χ0n) is 12.5. The summed E-state index contributed by atoms with van der Waals surface area (Å²) in [6.07, 6.45) is 8.80. The molecule has 3 unspecified atom stereocenters. The molecule has 0 radical (unpaired) electrons. The number of hydrogen-bond acceptors (Lipinski definition) is 2. The van der Waals surface area contributed by atoms with Crippen molar-refractivity contribution in [2.75, 3.05) is 13.2 Å². The van der Waals surface area contributed by atoms with Crippen LogP contribution in [0.4, 0.5) is 0 Å². The first-order valence-corrected chi connectivity index (χ1v) is 7.65. The van der Waals surface area contributed by atoms with Gasteiger partial charge in [0.15, 0.2) is 0 Å². The first-order chi connectivity index (χ1) is 9.08. The topological polar surface area (TPSA) is 29.5 Å². The van der Waals surface area contributed by atoms with E-state index in [4.69, 9.17) is 4.74 Å². The zero-order valence-corrected chi connectivity index (χ0v) is 12.5. The number of rotatable bonds is 4. The second kappa shape index (κ2) is 6.56. The highest BCUT2D eigenvalue weighted by Gasteiger charge is 2.32. The lowest BCUT2D eigenvalue weighted by molar-refractivity contribution is -0.138. The van der Waals surface area contributed by atoms with Crippen molar-refractivity contribution in [1.82, 2.24) is 4.90 Å². The van der Waals surface area contributed by atoms with E-state index in [2.05, 4.69) is 20.8 Å². The quantitative estimate of drug-likeness (QED) is 0.781. The molecule has 0 bridgehead atoms. The molecule has 108 valence electrons. The summed E-state index contributed by atoms with van der Waals surface area (Å²) in [7, 11) is 0. The number of carbonyl (C=O) groups excluding carboxylic acids is 1. The molecule has 1 fully saturated rings. The Labute approximate surface area is 117 Å². The van der Waals surface area contributed by atoms with Crippen molar-refractivity contribution in [2.45, 2.75) is 52.6 Å². The summed E-state index contributed by atoms with van der Waals surface area (Å²) in [4.78, 5) is 13.8. The molecule has 2 aliphatic rings. The summed E-state index contributed by atoms with van der Waals surface area (Å²) in [6.45, 7) is 7.88. The molecule has 0 aromatic heterocycles. The second-order valence-electron chi connectivity index (χ2n) is 6.44. The van der Waals surface area contributed by atoms with Crippen molar-refractivity contribution < 1.29 is 9.53 Å². The Balaban J connectivity index is 1.84. The number of carbonyl (C=O) groups is 1. The lowest BCUT2D eigenvalue weighted by Crippen LogP contribution is -2.37. The van der Waals surface area contributed by atoms with E-state index in [0.717, 1.165) is 25.3 Å². The van der Waals surface area contributed by atoms with Crippen LogP contribution in [0.3, 0.4) is 0 Å². The van der Waals surface area contributed by atoms with Gasteiger partial charge in [0.1, 0.15) is 6.61 Å². The lowest BCUT2D eigenvalue weighted by atomic mass is 9.75. The third-order valence-electron chi connectivity index (χ3n) is 4.52. The van der Waals surface area contributed by atoms with Gasteiger partial charge in [-0.2, -0.15) is 0 Å². The molecule has 3 atom stereocenters. The van der Waals surface area contributed by atoms with Gasteiger partial charge in [0.25, 0.3) is 5.91 Å². The maximum Gasteiger partial charge on any atom is 0.252 e. The van der Waals surface area contributed by atoms with Gasteiger partial charge in [-0.05, 0) is 37.0 Å². The summed E-state index contributed by atoms with van der Waals surface area (Å²) in [6, 6.07) is 0. The average Bonchev–Trinajstić information content (AvgIpc) is 2.89. The Hall–Kier alpha value is -0.830. The van der Waals surface area contributed by atoms with E-state index in [0.29, 0.717) is 11.8 Å². The summed E-state index contributed by atoms with van der Waals surface area (Å²) in [5.41, 5.74) is 0. The largest absolute Gasteiger partial charge is 0.368 e. The van der Waals surface area contributed by atoms with E-state index in [1.807, 2.05) is 12.3 Å². The minimum Gasteiger partial charge on any atom is -0.368 e. The minimum atomic E-state index is 0.106. The highest BCUT2D eigenvalue weighted by atomic mass is 16.5. The fraction of sp³-hybridized carbons (Fsp3) is 0.812. The van der Waals surface area contributed by atoms with Crippen LogP contribution in [0, 0.1) is 17.8 Å². The van der Waals surface area contributed by atoms with Gasteiger partial charge in [0.05, 0.1) is 6.10 Å². The number of amides is 1. The van der Waals surface area contributed by atoms with Gasteiger partial charge < -0.3 is 9.64 Å². The SMILES string of the molecule is CC1CCC(C(C)C)C(OCC(=O)N2C=CCC2)C1. The van der Waals surface area contributed by atoms with E-state index in [1.54, 1.807) is 4.90 Å². The zero-order chi connectivity index (χ0) is 13.8. The Morgan fingerprint density at radius 3 is 2.84 bits per heavy atom. The first-order valence-electron chi connectivity index (χ1n) is 7.65. The summed E-state index contributed by atoms with van der Waals surface area (Å²) in [5, 5.41) is 0. The van der Waals surface area contributed by atoms with Crippen LogP contribution in [0.25, 0.3) is 0 Å². The maximum atomic E-state index is 12.0. The minimum absolute atomic E-state index is 0.106. The van der Waals surface area contributed by atoms with E-state index in [-0.39, 0.29) is 18.6 Å². The molecule has 0 aromatic carbocycles. The molecule has 0 saturated heterocycles. The predicted molar refractivity (Wildman–Crippen MR) is 76.6 cm³/mol. The van der Waals surface area contributed by atoms with Crippen molar-refractivity contribution in [3.63, 3.8) is 0 Å². The number of ether oxygens (including phenoxy) is 1. The van der Waals surface area contributed by atoms with Gasteiger partial charge in [-0.3, -0.25) is 4.79 Å². The third-order valence-corrected chi connectivity index (χ3v) is 4.52. The van der Waals surface area contributed by atoms with Crippen LogP contribution >= 0.6 is 0 Å². The summed E-state index contributed by atoms with van der Waals surface area (Å²) >= 11 is 0. The van der Waals surface area contributed by atoms with E-state index in [1.165, 1.54) is 12.8 Å². The van der Waals surface area contributed by atoms with Crippen LogP contribution in [0.5, 0.6) is 0 Å². The molecule has 1 aliphatic heterocycles. The fourth-order valence-electron chi connectivity index (χ4n) is 3.27. The van der Waals surface area contributed by atoms with Gasteiger partial charge in [-0.25, -0.2) is 0 Å². The average molecular weight is 265 g/mol. The van der Waals surface area contributed by atoms with Gasteiger partial charge in [0, 0.05) is 12.7 Å². The fourth-order valence-corrected chi connectivity index (χ4v) is 3.27. The summed E-state index contributed by atoms with van der Waals surface area (Å²) < 4.78 is 5.98. The number of nitrogens with zero attached hydrogens (tertiary/aromatic N) is 1. The van der Waals surface area contributed by atoms with Gasteiger partial charge in [-0.1, -0.05) is 33.3 Å². The van der Waals surface area contributed by atoms with Crippen LogP contribution < -0.4 is 0 Å². The van der Waals surface area contributed by atoms with Crippen LogP contribution in [-0.2, 0) is 9.53 Å². The molecule has 3 nitrogen and oxygen atoms in total. The normalized spacial score (nSPS) is 31.2. The Morgan fingerprint density at radius 1 is 1.42 bits per heavy atom. The molecule has 0 aromatic rings. The van der Waals surface area contributed by atoms with Crippen LogP contribution in [0.2, 0.25) is 0 Å². The maximum absolute atomic E-state index is 12.0. The summed E-state index contributed by atoms with van der Waals surface area (Å²) in [5.74, 6) is 2.08. The van der Waals surface area contributed by atoms with Crippen molar-refractivity contribution >= 4 is 5.91 Å². The van der Waals surface area contributed by atoms with E-state index >= 15 is 0 Å². The molecule has 1 amide bonds. The van der Waals surface area contributed by atoms with E-state index in [9.17, 15) is 4.79 Å². The highest BCUT2D eigenvalue weighted by molar-refractivity contribution is 5.78. The molecule has 1 heterocycles. The Morgan fingerprint density at radius 2 is 2.21 bits per heavy atom. The van der Waals surface area contributed by atoms with E-state index < -0.39 is 0 Å². The van der Waals surface area contributed by atoms with Gasteiger partial charge in [0.2, 0.25) is 0 Å². The van der Waals surface area contributed by atoms with Crippen molar-refractivity contribution in [1.29, 1.82) is 0 Å². The lowest BCUT2D eigenvalue weighted by Gasteiger charge is -2.37. The molecular formula is C16H27NO2. The van der Waals surface area contributed by atoms with Gasteiger partial charge >= 0.3 is 0 Å². The molecule has 3 heteroatoms. The van der Waals surface area contributed by atoms with Crippen LogP contribution in [0.1, 0.15) is 46.5 Å². The first kappa shape index (κ1) is 14.6. The second-order valence-corrected chi connectivity index (χ2v) is 6.44. The predicted octanol–water partition coefficient (Wildman–Crippen LogP) is 3.21. The van der Waals surface area contributed by atoms with Crippen LogP contribution in [-0.4, -0.2) is 30.1 Å². The molecule has 1 saturated carbocycles.